The average molecular weight is 254 g/mol. The van der Waals surface area contributed by atoms with Gasteiger partial charge in [-0.1, -0.05) is 32.0 Å². The Balaban J connectivity index is 2.14. The van der Waals surface area contributed by atoms with Crippen molar-refractivity contribution in [2.24, 2.45) is 5.92 Å². The lowest BCUT2D eigenvalue weighted by molar-refractivity contribution is -0.116. The van der Waals surface area contributed by atoms with E-state index in [0.717, 1.165) is 16.8 Å². The summed E-state index contributed by atoms with van der Waals surface area (Å²) in [5, 5.41) is 2.92. The van der Waals surface area contributed by atoms with Gasteiger partial charge in [-0.15, -0.1) is 0 Å². The van der Waals surface area contributed by atoms with Crippen LogP contribution in [-0.2, 0) is 4.79 Å². The number of pyridine rings is 1. The number of nitrogens with one attached hydrogen (secondary N) is 1. The van der Waals surface area contributed by atoms with E-state index in [1.54, 1.807) is 6.20 Å². The second-order valence-corrected chi connectivity index (χ2v) is 4.97. The predicted molar refractivity (Wildman–Crippen MR) is 77.8 cm³/mol. The molecule has 1 heterocycles. The van der Waals surface area contributed by atoms with E-state index >= 15 is 0 Å². The van der Waals surface area contributed by atoms with Gasteiger partial charge in [-0.25, -0.2) is 0 Å². The maximum atomic E-state index is 11.7. The Labute approximate surface area is 113 Å². The molecule has 0 spiro atoms. The first-order valence-corrected chi connectivity index (χ1v) is 6.45. The van der Waals surface area contributed by atoms with Crippen molar-refractivity contribution < 1.29 is 4.79 Å². The Hall–Kier alpha value is -2.16. The van der Waals surface area contributed by atoms with Crippen molar-refractivity contribution in [1.82, 2.24) is 4.98 Å². The highest BCUT2D eigenvalue weighted by Crippen LogP contribution is 2.21. The Morgan fingerprint density at radius 1 is 1.21 bits per heavy atom. The lowest BCUT2D eigenvalue weighted by Gasteiger charge is -2.08. The number of rotatable bonds is 4. The normalized spacial score (nSPS) is 10.5. The molecular weight excluding hydrogens is 236 g/mol. The molecule has 0 aliphatic heterocycles. The third-order valence-corrected chi connectivity index (χ3v) is 2.73. The summed E-state index contributed by atoms with van der Waals surface area (Å²) in [6, 6.07) is 11.7. The number of amides is 1. The molecule has 2 rings (SSSR count). The van der Waals surface area contributed by atoms with Crippen molar-refractivity contribution in [3.8, 4) is 11.1 Å². The van der Waals surface area contributed by atoms with Crippen LogP contribution in [0, 0.1) is 5.92 Å². The van der Waals surface area contributed by atoms with E-state index in [-0.39, 0.29) is 5.91 Å². The third kappa shape index (κ3) is 3.91. The largest absolute Gasteiger partial charge is 0.326 e. The molecule has 98 valence electrons. The summed E-state index contributed by atoms with van der Waals surface area (Å²) in [5.41, 5.74) is 2.92. The van der Waals surface area contributed by atoms with E-state index in [1.807, 2.05) is 56.4 Å². The van der Waals surface area contributed by atoms with Gasteiger partial charge in [0.15, 0.2) is 0 Å². The minimum absolute atomic E-state index is 0.0540. The number of anilines is 1. The highest BCUT2D eigenvalue weighted by molar-refractivity contribution is 5.91. The standard InChI is InChI=1S/C16H18N2O/c1-12(2)9-16(19)18-15-7-3-5-13(10-15)14-6-4-8-17-11-14/h3-8,10-12H,9H2,1-2H3,(H,18,19). The van der Waals surface area contributed by atoms with Gasteiger partial charge in [-0.05, 0) is 29.7 Å². The molecule has 1 aromatic carbocycles. The van der Waals surface area contributed by atoms with Gasteiger partial charge in [0, 0.05) is 30.1 Å². The van der Waals surface area contributed by atoms with Crippen LogP contribution in [0.2, 0.25) is 0 Å². The highest BCUT2D eigenvalue weighted by Gasteiger charge is 2.06. The van der Waals surface area contributed by atoms with Crippen LogP contribution >= 0.6 is 0 Å². The molecule has 0 saturated heterocycles. The lowest BCUT2D eigenvalue weighted by atomic mass is 10.1. The van der Waals surface area contributed by atoms with Crippen molar-refractivity contribution in [2.45, 2.75) is 20.3 Å². The molecule has 0 fully saturated rings. The number of carbonyl (C=O) groups excluding carboxylic acids is 1. The SMILES string of the molecule is CC(C)CC(=O)Nc1cccc(-c2cccnc2)c1. The van der Waals surface area contributed by atoms with Crippen molar-refractivity contribution in [2.75, 3.05) is 5.32 Å². The van der Waals surface area contributed by atoms with Crippen LogP contribution in [0.3, 0.4) is 0 Å². The van der Waals surface area contributed by atoms with Gasteiger partial charge in [0.25, 0.3) is 0 Å². The van der Waals surface area contributed by atoms with Crippen molar-refractivity contribution in [3.63, 3.8) is 0 Å². The van der Waals surface area contributed by atoms with Crippen LogP contribution in [0.5, 0.6) is 0 Å². The highest BCUT2D eigenvalue weighted by atomic mass is 16.1. The van der Waals surface area contributed by atoms with Gasteiger partial charge in [0.2, 0.25) is 5.91 Å². The first-order chi connectivity index (χ1) is 9.15. The molecule has 1 amide bonds. The molecule has 0 aliphatic rings. The fraction of sp³-hybridized carbons (Fsp3) is 0.250. The predicted octanol–water partition coefficient (Wildman–Crippen LogP) is 3.73. The van der Waals surface area contributed by atoms with E-state index in [1.165, 1.54) is 0 Å². The molecular formula is C16H18N2O. The maximum absolute atomic E-state index is 11.7. The van der Waals surface area contributed by atoms with Crippen LogP contribution in [0.15, 0.2) is 48.8 Å². The van der Waals surface area contributed by atoms with Gasteiger partial charge < -0.3 is 5.32 Å². The van der Waals surface area contributed by atoms with Crippen LogP contribution in [0.1, 0.15) is 20.3 Å². The van der Waals surface area contributed by atoms with Gasteiger partial charge in [-0.2, -0.15) is 0 Å². The van der Waals surface area contributed by atoms with Crippen LogP contribution < -0.4 is 5.32 Å². The Morgan fingerprint density at radius 3 is 2.68 bits per heavy atom. The molecule has 0 atom stereocenters. The van der Waals surface area contributed by atoms with E-state index in [0.29, 0.717) is 12.3 Å². The second kappa shape index (κ2) is 6.14. The molecule has 19 heavy (non-hydrogen) atoms. The summed E-state index contributed by atoms with van der Waals surface area (Å²) < 4.78 is 0. The topological polar surface area (TPSA) is 42.0 Å². The molecule has 0 aliphatic carbocycles. The molecule has 2 aromatic rings. The van der Waals surface area contributed by atoms with E-state index in [2.05, 4.69) is 10.3 Å². The molecule has 3 heteroatoms. The van der Waals surface area contributed by atoms with Crippen molar-refractivity contribution >= 4 is 11.6 Å². The van der Waals surface area contributed by atoms with E-state index < -0.39 is 0 Å². The van der Waals surface area contributed by atoms with Gasteiger partial charge >= 0.3 is 0 Å². The average Bonchev–Trinajstić information content (AvgIpc) is 2.39. The summed E-state index contributed by atoms with van der Waals surface area (Å²) in [7, 11) is 0. The first-order valence-electron chi connectivity index (χ1n) is 6.45. The van der Waals surface area contributed by atoms with Gasteiger partial charge in [-0.3, -0.25) is 9.78 Å². The van der Waals surface area contributed by atoms with Crippen LogP contribution in [0.25, 0.3) is 11.1 Å². The second-order valence-electron chi connectivity index (χ2n) is 4.97. The first kappa shape index (κ1) is 13.3. The molecule has 0 unspecified atom stereocenters. The van der Waals surface area contributed by atoms with Crippen molar-refractivity contribution in [1.29, 1.82) is 0 Å². The number of carbonyl (C=O) groups is 1. The Kier molecular flexibility index (Phi) is 4.29. The molecule has 1 aromatic heterocycles. The number of aromatic nitrogens is 1. The summed E-state index contributed by atoms with van der Waals surface area (Å²) in [5.74, 6) is 0.417. The lowest BCUT2D eigenvalue weighted by Crippen LogP contribution is -2.13. The molecule has 0 radical (unpaired) electrons. The molecule has 1 N–H and O–H groups in total. The third-order valence-electron chi connectivity index (χ3n) is 2.73. The number of nitrogens with zero attached hydrogens (tertiary/aromatic N) is 1. The Morgan fingerprint density at radius 2 is 2.00 bits per heavy atom. The zero-order valence-corrected chi connectivity index (χ0v) is 11.3. The zero-order chi connectivity index (χ0) is 13.7. The fourth-order valence-corrected chi connectivity index (χ4v) is 1.89. The number of hydrogen-bond acceptors (Lipinski definition) is 2. The minimum atomic E-state index is 0.0540. The summed E-state index contributed by atoms with van der Waals surface area (Å²) in [4.78, 5) is 15.9. The summed E-state index contributed by atoms with van der Waals surface area (Å²) in [6.07, 6.45) is 4.10. The number of benzene rings is 1. The Bertz CT molecular complexity index is 550. The molecule has 0 bridgehead atoms. The van der Waals surface area contributed by atoms with E-state index in [4.69, 9.17) is 0 Å². The maximum Gasteiger partial charge on any atom is 0.224 e. The smallest absolute Gasteiger partial charge is 0.224 e. The monoisotopic (exact) mass is 254 g/mol. The van der Waals surface area contributed by atoms with Crippen LogP contribution in [0.4, 0.5) is 5.69 Å². The number of hydrogen-bond donors (Lipinski definition) is 1. The zero-order valence-electron chi connectivity index (χ0n) is 11.3. The fourth-order valence-electron chi connectivity index (χ4n) is 1.89. The summed E-state index contributed by atoms with van der Waals surface area (Å²) >= 11 is 0. The van der Waals surface area contributed by atoms with Gasteiger partial charge in [0.05, 0.1) is 0 Å². The quantitative estimate of drug-likeness (QED) is 0.903. The summed E-state index contributed by atoms with van der Waals surface area (Å²) in [6.45, 7) is 4.07. The van der Waals surface area contributed by atoms with Crippen LogP contribution in [-0.4, -0.2) is 10.9 Å². The minimum Gasteiger partial charge on any atom is -0.326 e. The van der Waals surface area contributed by atoms with E-state index in [9.17, 15) is 4.79 Å². The molecule has 3 nitrogen and oxygen atoms in total. The van der Waals surface area contributed by atoms with Gasteiger partial charge in [0.1, 0.15) is 0 Å². The van der Waals surface area contributed by atoms with Crippen molar-refractivity contribution in [3.05, 3.63) is 48.8 Å². The molecule has 0 saturated carbocycles.